The summed E-state index contributed by atoms with van der Waals surface area (Å²) in [5, 5.41) is 0.721. The summed E-state index contributed by atoms with van der Waals surface area (Å²) in [6.07, 6.45) is 3.04. The minimum Gasteiger partial charge on any atom is -0.497 e. The number of benzene rings is 1. The number of carbonyl (C=O) groups excluding carboxylic acids is 1. The summed E-state index contributed by atoms with van der Waals surface area (Å²) in [6.45, 7) is 0.770. The first-order valence-corrected chi connectivity index (χ1v) is 10.9. The number of nitrogens with zero attached hydrogens (tertiary/aromatic N) is 2. The number of carbonyl (C=O) groups is 1. The van der Waals surface area contributed by atoms with Crippen molar-refractivity contribution in [3.63, 3.8) is 0 Å². The van der Waals surface area contributed by atoms with E-state index in [1.807, 2.05) is 17.0 Å². The van der Waals surface area contributed by atoms with Gasteiger partial charge < -0.3 is 19.2 Å². The van der Waals surface area contributed by atoms with E-state index in [1.54, 1.807) is 31.6 Å². The highest BCUT2D eigenvalue weighted by molar-refractivity contribution is 7.18. The summed E-state index contributed by atoms with van der Waals surface area (Å²) in [5.41, 5.74) is 1.94. The van der Waals surface area contributed by atoms with E-state index in [2.05, 4.69) is 4.98 Å². The fourth-order valence-electron chi connectivity index (χ4n) is 3.96. The van der Waals surface area contributed by atoms with Gasteiger partial charge >= 0.3 is 5.97 Å². The maximum atomic E-state index is 12.8. The fourth-order valence-corrected chi connectivity index (χ4v) is 5.25. The van der Waals surface area contributed by atoms with E-state index in [-0.39, 0.29) is 18.1 Å². The van der Waals surface area contributed by atoms with Gasteiger partial charge in [0, 0.05) is 17.5 Å². The Morgan fingerprint density at radius 1 is 1.13 bits per heavy atom. The van der Waals surface area contributed by atoms with Crippen LogP contribution in [-0.4, -0.2) is 48.7 Å². The van der Waals surface area contributed by atoms with E-state index in [1.165, 1.54) is 12.0 Å². The largest absolute Gasteiger partial charge is 0.497 e. The average molecular weight is 444 g/mol. The SMILES string of the molecule is COC(=O)CN(Cc1cc(OC)cc(OC)c1)Cc1nc2sc3c(c2c(=O)[nH]1)CCC3. The zero-order valence-electron chi connectivity index (χ0n) is 17.8. The van der Waals surface area contributed by atoms with Crippen molar-refractivity contribution in [3.05, 3.63) is 50.4 Å². The topological polar surface area (TPSA) is 93.8 Å². The molecule has 0 fully saturated rings. The first-order valence-electron chi connectivity index (χ1n) is 10.0. The van der Waals surface area contributed by atoms with Crippen LogP contribution in [-0.2, 0) is 35.5 Å². The molecule has 0 saturated carbocycles. The van der Waals surface area contributed by atoms with Crippen molar-refractivity contribution < 1.29 is 19.0 Å². The van der Waals surface area contributed by atoms with Crippen molar-refractivity contribution in [2.24, 2.45) is 0 Å². The van der Waals surface area contributed by atoms with Crippen LogP contribution in [0.2, 0.25) is 0 Å². The molecular weight excluding hydrogens is 418 g/mol. The van der Waals surface area contributed by atoms with Crippen LogP contribution in [0, 0.1) is 0 Å². The molecule has 164 valence electrons. The molecule has 1 aromatic carbocycles. The van der Waals surface area contributed by atoms with Gasteiger partial charge in [0.15, 0.2) is 0 Å². The van der Waals surface area contributed by atoms with Crippen LogP contribution in [0.3, 0.4) is 0 Å². The van der Waals surface area contributed by atoms with Gasteiger partial charge in [0.1, 0.15) is 22.2 Å². The van der Waals surface area contributed by atoms with E-state index in [4.69, 9.17) is 19.2 Å². The molecule has 8 nitrogen and oxygen atoms in total. The van der Waals surface area contributed by atoms with Crippen LogP contribution >= 0.6 is 11.3 Å². The van der Waals surface area contributed by atoms with Gasteiger partial charge in [0.05, 0.1) is 39.8 Å². The Bertz CT molecular complexity index is 1150. The molecule has 0 atom stereocenters. The number of ether oxygens (including phenoxy) is 3. The van der Waals surface area contributed by atoms with Gasteiger partial charge in [-0.05, 0) is 42.5 Å². The van der Waals surface area contributed by atoms with Crippen LogP contribution in [0.1, 0.15) is 28.2 Å². The van der Waals surface area contributed by atoms with Gasteiger partial charge in [-0.2, -0.15) is 0 Å². The third kappa shape index (κ3) is 4.57. The number of fused-ring (bicyclic) bond motifs is 3. The molecule has 1 aliphatic carbocycles. The van der Waals surface area contributed by atoms with Crippen molar-refractivity contribution in [1.29, 1.82) is 0 Å². The molecule has 3 aromatic rings. The molecule has 31 heavy (non-hydrogen) atoms. The van der Waals surface area contributed by atoms with Gasteiger partial charge in [-0.15, -0.1) is 11.3 Å². The number of thiophene rings is 1. The summed E-state index contributed by atoms with van der Waals surface area (Å²) in [4.78, 5) is 36.3. The van der Waals surface area contributed by atoms with Gasteiger partial charge in [-0.25, -0.2) is 4.98 Å². The van der Waals surface area contributed by atoms with Crippen LogP contribution in [0.15, 0.2) is 23.0 Å². The van der Waals surface area contributed by atoms with Crippen molar-refractivity contribution in [3.8, 4) is 11.5 Å². The molecule has 0 saturated heterocycles. The Hall–Kier alpha value is -2.91. The highest BCUT2D eigenvalue weighted by atomic mass is 32.1. The molecule has 1 N–H and O–H groups in total. The number of H-pyrrole nitrogens is 1. The normalized spacial score (nSPS) is 12.9. The summed E-state index contributed by atoms with van der Waals surface area (Å²) in [7, 11) is 4.54. The number of aromatic amines is 1. The lowest BCUT2D eigenvalue weighted by Gasteiger charge is -2.21. The number of esters is 1. The molecule has 0 amide bonds. The number of nitrogens with one attached hydrogen (secondary N) is 1. The Morgan fingerprint density at radius 2 is 1.87 bits per heavy atom. The van der Waals surface area contributed by atoms with Crippen LogP contribution in [0.4, 0.5) is 0 Å². The van der Waals surface area contributed by atoms with Gasteiger partial charge in [-0.3, -0.25) is 14.5 Å². The van der Waals surface area contributed by atoms with E-state index in [0.717, 1.165) is 40.6 Å². The van der Waals surface area contributed by atoms with Crippen LogP contribution < -0.4 is 15.0 Å². The second-order valence-corrected chi connectivity index (χ2v) is 8.58. The number of aromatic nitrogens is 2. The molecule has 2 aromatic heterocycles. The number of rotatable bonds is 8. The summed E-state index contributed by atoms with van der Waals surface area (Å²) in [6, 6.07) is 5.56. The Kier molecular flexibility index (Phi) is 6.24. The number of hydrogen-bond donors (Lipinski definition) is 1. The van der Waals surface area contributed by atoms with E-state index in [9.17, 15) is 9.59 Å². The van der Waals surface area contributed by atoms with Crippen LogP contribution in [0.25, 0.3) is 10.2 Å². The second kappa shape index (κ2) is 9.07. The lowest BCUT2D eigenvalue weighted by atomic mass is 10.2. The van der Waals surface area contributed by atoms with Crippen LogP contribution in [0.5, 0.6) is 11.5 Å². The van der Waals surface area contributed by atoms with Gasteiger partial charge in [-0.1, -0.05) is 0 Å². The first-order chi connectivity index (χ1) is 15.0. The van der Waals surface area contributed by atoms with Gasteiger partial charge in [0.25, 0.3) is 5.56 Å². The number of hydrogen-bond acceptors (Lipinski definition) is 8. The second-order valence-electron chi connectivity index (χ2n) is 7.49. The van der Waals surface area contributed by atoms with Crippen molar-refractivity contribution in [1.82, 2.24) is 14.9 Å². The standard InChI is InChI=1S/C22H25N3O5S/c1-28-14-7-13(8-15(9-14)29-2)10-25(12-19(26)30-3)11-18-23-21(27)20-16-5-4-6-17(16)31-22(20)24-18/h7-9H,4-6,10-12H2,1-3H3,(H,23,24,27). The van der Waals surface area contributed by atoms with Crippen molar-refractivity contribution in [2.45, 2.75) is 32.4 Å². The fraction of sp³-hybridized carbons (Fsp3) is 0.409. The third-order valence-electron chi connectivity index (χ3n) is 5.40. The summed E-state index contributed by atoms with van der Waals surface area (Å²) < 4.78 is 15.5. The lowest BCUT2D eigenvalue weighted by Crippen LogP contribution is -2.31. The number of methoxy groups -OCH3 is 3. The Morgan fingerprint density at radius 3 is 2.55 bits per heavy atom. The zero-order chi connectivity index (χ0) is 22.0. The molecule has 9 heteroatoms. The van der Waals surface area contributed by atoms with Gasteiger partial charge in [0.2, 0.25) is 0 Å². The molecule has 0 bridgehead atoms. The zero-order valence-corrected chi connectivity index (χ0v) is 18.6. The van der Waals surface area contributed by atoms with E-state index < -0.39 is 0 Å². The predicted molar refractivity (Wildman–Crippen MR) is 118 cm³/mol. The molecule has 1 aliphatic rings. The maximum absolute atomic E-state index is 12.8. The average Bonchev–Trinajstić information content (AvgIpc) is 3.34. The minimum absolute atomic E-state index is 0.0543. The highest BCUT2D eigenvalue weighted by Crippen LogP contribution is 2.34. The molecule has 0 unspecified atom stereocenters. The molecule has 2 heterocycles. The smallest absolute Gasteiger partial charge is 0.319 e. The molecule has 0 radical (unpaired) electrons. The Balaban J connectivity index is 1.63. The highest BCUT2D eigenvalue weighted by Gasteiger charge is 2.22. The molecular formula is C22H25N3O5S. The maximum Gasteiger partial charge on any atom is 0.319 e. The van der Waals surface area contributed by atoms with E-state index >= 15 is 0 Å². The Labute approximate surface area is 183 Å². The summed E-state index contributed by atoms with van der Waals surface area (Å²) in [5.74, 6) is 1.48. The quantitative estimate of drug-likeness (QED) is 0.535. The molecule has 0 aliphatic heterocycles. The van der Waals surface area contributed by atoms with Crippen molar-refractivity contribution >= 4 is 27.5 Å². The number of aryl methyl sites for hydroxylation is 2. The minimum atomic E-state index is -0.367. The van der Waals surface area contributed by atoms with Crippen molar-refractivity contribution in [2.75, 3.05) is 27.9 Å². The first kappa shape index (κ1) is 21.3. The summed E-state index contributed by atoms with van der Waals surface area (Å²) >= 11 is 1.60. The molecule has 0 spiro atoms. The monoisotopic (exact) mass is 443 g/mol. The van der Waals surface area contributed by atoms with E-state index in [0.29, 0.717) is 30.4 Å². The molecule has 4 rings (SSSR count). The lowest BCUT2D eigenvalue weighted by molar-refractivity contribution is -0.142. The third-order valence-corrected chi connectivity index (χ3v) is 6.58. The predicted octanol–water partition coefficient (Wildman–Crippen LogP) is 2.67.